The first-order valence-corrected chi connectivity index (χ1v) is 5.64. The minimum absolute atomic E-state index is 0.0348. The molecule has 1 unspecified atom stereocenters. The van der Waals surface area contributed by atoms with Gasteiger partial charge in [0.1, 0.15) is 17.6 Å². The van der Waals surface area contributed by atoms with Gasteiger partial charge in [-0.05, 0) is 26.0 Å². The predicted molar refractivity (Wildman–Crippen MR) is 65.7 cm³/mol. The largest absolute Gasteiger partial charge is 0.515 e. The second-order valence-electron chi connectivity index (χ2n) is 4.06. The molecule has 1 N–H and O–H groups in total. The Morgan fingerprint density at radius 1 is 1.44 bits per heavy atom. The lowest BCUT2D eigenvalue weighted by Gasteiger charge is -2.26. The van der Waals surface area contributed by atoms with Gasteiger partial charge in [0.05, 0.1) is 17.9 Å². The monoisotopic (exact) mass is 254 g/mol. The van der Waals surface area contributed by atoms with Crippen LogP contribution in [0.1, 0.15) is 20.8 Å². The van der Waals surface area contributed by atoms with Gasteiger partial charge in [-0.25, -0.2) is 0 Å². The van der Waals surface area contributed by atoms with E-state index < -0.39 is 12.1 Å². The van der Waals surface area contributed by atoms with Gasteiger partial charge in [0, 0.05) is 14.0 Å². The number of methoxy groups -OCH3 is 1. The van der Waals surface area contributed by atoms with Gasteiger partial charge in [-0.2, -0.15) is 0 Å². The summed E-state index contributed by atoms with van der Waals surface area (Å²) in [5.74, 6) is 0.374. The third-order valence-corrected chi connectivity index (χ3v) is 2.22. The van der Waals surface area contributed by atoms with Crippen molar-refractivity contribution in [3.05, 3.63) is 35.5 Å². The number of carbonyl (C=O) groups is 1. The first-order chi connectivity index (χ1) is 8.49. The zero-order valence-corrected chi connectivity index (χ0v) is 11.0. The van der Waals surface area contributed by atoms with Crippen molar-refractivity contribution in [2.24, 2.45) is 0 Å². The molecule has 0 saturated heterocycles. The van der Waals surface area contributed by atoms with Crippen molar-refractivity contribution in [1.82, 2.24) is 0 Å². The minimum atomic E-state index is -0.655. The third kappa shape index (κ3) is 3.37. The summed E-state index contributed by atoms with van der Waals surface area (Å²) in [5.41, 5.74) is 0.421. The quantitative estimate of drug-likeness (QED) is 0.615. The summed E-state index contributed by atoms with van der Waals surface area (Å²) in [6, 6.07) is 0. The number of aliphatic hydroxyl groups is 1. The second kappa shape index (κ2) is 6.26. The zero-order valence-electron chi connectivity index (χ0n) is 11.0. The number of carbonyl (C=O) groups excluding carboxylic acids is 1. The molecule has 100 valence electrons. The van der Waals surface area contributed by atoms with Crippen LogP contribution < -0.4 is 0 Å². The van der Waals surface area contributed by atoms with E-state index in [2.05, 4.69) is 0 Å². The lowest BCUT2D eigenvalue weighted by Crippen LogP contribution is -2.25. The van der Waals surface area contributed by atoms with Gasteiger partial charge in [0.2, 0.25) is 0 Å². The fourth-order valence-corrected chi connectivity index (χ4v) is 1.61. The van der Waals surface area contributed by atoms with Crippen molar-refractivity contribution in [2.75, 3.05) is 7.11 Å². The number of rotatable bonds is 4. The fourth-order valence-electron chi connectivity index (χ4n) is 1.61. The van der Waals surface area contributed by atoms with Crippen molar-refractivity contribution in [3.63, 3.8) is 0 Å². The van der Waals surface area contributed by atoms with E-state index in [0.29, 0.717) is 17.1 Å². The molecular weight excluding hydrogens is 236 g/mol. The molecule has 0 aliphatic heterocycles. The maximum absolute atomic E-state index is 11.0. The van der Waals surface area contributed by atoms with Crippen molar-refractivity contribution in [2.45, 2.75) is 33.0 Å². The zero-order chi connectivity index (χ0) is 13.7. The van der Waals surface area contributed by atoms with Crippen LogP contribution in [0, 0.1) is 0 Å². The lowest BCUT2D eigenvalue weighted by atomic mass is 10.0. The second-order valence-corrected chi connectivity index (χ2v) is 4.06. The van der Waals surface area contributed by atoms with Crippen molar-refractivity contribution in [1.29, 1.82) is 0 Å². The fraction of sp³-hybridized carbons (Fsp3) is 0.462. The molecule has 5 heteroatoms. The molecule has 0 amide bonds. The number of aliphatic hydroxyl groups excluding tert-OH is 1. The Kier molecular flexibility index (Phi) is 4.97. The van der Waals surface area contributed by atoms with Gasteiger partial charge in [0.25, 0.3) is 0 Å². The summed E-state index contributed by atoms with van der Waals surface area (Å²) in [6.07, 6.45) is 3.44. The normalized spacial score (nSPS) is 21.6. The molecule has 0 fully saturated rings. The van der Waals surface area contributed by atoms with Gasteiger partial charge in [0.15, 0.2) is 0 Å². The molecule has 1 aliphatic rings. The van der Waals surface area contributed by atoms with Gasteiger partial charge in [-0.15, -0.1) is 0 Å². The van der Waals surface area contributed by atoms with E-state index in [1.165, 1.54) is 14.0 Å². The maximum atomic E-state index is 11.0. The van der Waals surface area contributed by atoms with Gasteiger partial charge < -0.3 is 19.3 Å². The number of hydrogen-bond donors (Lipinski definition) is 1. The summed E-state index contributed by atoms with van der Waals surface area (Å²) in [5, 5.41) is 9.30. The molecule has 0 aromatic rings. The highest BCUT2D eigenvalue weighted by Gasteiger charge is 2.29. The molecule has 0 saturated carbocycles. The summed E-state index contributed by atoms with van der Waals surface area (Å²) >= 11 is 0. The summed E-state index contributed by atoms with van der Waals surface area (Å²) < 4.78 is 15.8. The van der Waals surface area contributed by atoms with Crippen LogP contribution >= 0.6 is 0 Å². The van der Waals surface area contributed by atoms with Crippen LogP contribution in [0.4, 0.5) is 0 Å². The van der Waals surface area contributed by atoms with Crippen LogP contribution in [0.5, 0.6) is 0 Å². The molecule has 0 aromatic carbocycles. The molecule has 0 bridgehead atoms. The van der Waals surface area contributed by atoms with Crippen LogP contribution in [-0.2, 0) is 19.0 Å². The predicted octanol–water partition coefficient (Wildman–Crippen LogP) is 2.21. The Balaban J connectivity index is 3.04. The Bertz CT molecular complexity index is 404. The van der Waals surface area contributed by atoms with E-state index >= 15 is 0 Å². The topological polar surface area (TPSA) is 65.0 Å². The molecule has 18 heavy (non-hydrogen) atoms. The third-order valence-electron chi connectivity index (χ3n) is 2.22. The Hall–Kier alpha value is -1.75. The molecule has 0 radical (unpaired) electrons. The highest BCUT2D eigenvalue weighted by atomic mass is 16.6. The Morgan fingerprint density at radius 3 is 2.56 bits per heavy atom. The highest BCUT2D eigenvalue weighted by Crippen LogP contribution is 2.29. The van der Waals surface area contributed by atoms with E-state index in [9.17, 15) is 9.90 Å². The number of esters is 1. The van der Waals surface area contributed by atoms with E-state index in [-0.39, 0.29) is 6.10 Å². The average Bonchev–Trinajstić information content (AvgIpc) is 2.29. The molecular formula is C13H18O5. The van der Waals surface area contributed by atoms with E-state index in [0.717, 1.165) is 6.26 Å². The van der Waals surface area contributed by atoms with Crippen molar-refractivity contribution >= 4 is 5.97 Å². The summed E-state index contributed by atoms with van der Waals surface area (Å²) in [4.78, 5) is 11.0. The average molecular weight is 254 g/mol. The lowest BCUT2D eigenvalue weighted by molar-refractivity contribution is -0.138. The van der Waals surface area contributed by atoms with E-state index in [4.69, 9.17) is 14.2 Å². The van der Waals surface area contributed by atoms with Crippen molar-refractivity contribution < 1.29 is 24.1 Å². The maximum Gasteiger partial charge on any atom is 0.307 e. The summed E-state index contributed by atoms with van der Waals surface area (Å²) in [6.45, 7) is 5.06. The highest BCUT2D eigenvalue weighted by molar-refractivity contribution is 5.68. The standard InChI is InChI=1S/C13H18O5/c1-8(2)17-11-5-6-12(18-9(3)15)13(16-4)10(11)7-14/h5-8,13-14H,1-4H3. The smallest absolute Gasteiger partial charge is 0.307 e. The number of allylic oxidation sites excluding steroid dienone is 2. The van der Waals surface area contributed by atoms with Crippen molar-refractivity contribution in [3.8, 4) is 0 Å². The SMILES string of the molecule is COC1C(OC(C)=O)=CC=C(OC(C)C)C1=CO. The number of hydrogen-bond acceptors (Lipinski definition) is 5. The van der Waals surface area contributed by atoms with Crippen LogP contribution in [0.25, 0.3) is 0 Å². The summed E-state index contributed by atoms with van der Waals surface area (Å²) in [7, 11) is 1.46. The Morgan fingerprint density at radius 2 is 2.11 bits per heavy atom. The first-order valence-electron chi connectivity index (χ1n) is 5.64. The minimum Gasteiger partial charge on any atom is -0.515 e. The first kappa shape index (κ1) is 14.3. The van der Waals surface area contributed by atoms with E-state index in [1.54, 1.807) is 12.2 Å². The van der Waals surface area contributed by atoms with Crippen LogP contribution in [0.2, 0.25) is 0 Å². The number of ether oxygens (including phenoxy) is 3. The molecule has 5 nitrogen and oxygen atoms in total. The molecule has 0 heterocycles. The molecule has 0 spiro atoms. The van der Waals surface area contributed by atoms with Crippen LogP contribution in [0.3, 0.4) is 0 Å². The van der Waals surface area contributed by atoms with Crippen LogP contribution in [-0.4, -0.2) is 30.4 Å². The Labute approximate surface area is 106 Å². The van der Waals surface area contributed by atoms with Gasteiger partial charge in [-0.3, -0.25) is 4.79 Å². The van der Waals surface area contributed by atoms with Crippen LogP contribution in [0.15, 0.2) is 35.5 Å². The molecule has 1 aliphatic carbocycles. The van der Waals surface area contributed by atoms with Gasteiger partial charge >= 0.3 is 5.97 Å². The molecule has 0 aromatic heterocycles. The molecule has 1 rings (SSSR count). The molecule has 1 atom stereocenters. The van der Waals surface area contributed by atoms with E-state index in [1.807, 2.05) is 13.8 Å². The van der Waals surface area contributed by atoms with Gasteiger partial charge in [-0.1, -0.05) is 0 Å².